The van der Waals surface area contributed by atoms with Crippen molar-refractivity contribution in [1.82, 2.24) is 0 Å². The highest BCUT2D eigenvalue weighted by atomic mass is 32.2. The quantitative estimate of drug-likeness (QED) is 0.737. The van der Waals surface area contributed by atoms with Gasteiger partial charge in [-0.1, -0.05) is 17.7 Å². The summed E-state index contributed by atoms with van der Waals surface area (Å²) in [5.74, 6) is -1.18. The van der Waals surface area contributed by atoms with E-state index in [9.17, 15) is 17.6 Å². The van der Waals surface area contributed by atoms with Crippen molar-refractivity contribution in [3.63, 3.8) is 0 Å². The Hall–Kier alpha value is -2.41. The molecule has 0 radical (unpaired) electrons. The third-order valence-electron chi connectivity index (χ3n) is 3.36. The average molecular weight is 365 g/mol. The zero-order valence-corrected chi connectivity index (χ0v) is 15.1. The Bertz CT molecular complexity index is 830. The molecule has 0 atom stereocenters. The predicted octanol–water partition coefficient (Wildman–Crippen LogP) is 3.28. The molecule has 2 aromatic carbocycles. The van der Waals surface area contributed by atoms with E-state index in [2.05, 4.69) is 0 Å². The smallest absolute Gasteiger partial charge is 0.327 e. The number of nitrogens with zero attached hydrogens (tertiary/aromatic N) is 1. The van der Waals surface area contributed by atoms with E-state index >= 15 is 0 Å². The predicted molar refractivity (Wildman–Crippen MR) is 93.3 cm³/mol. The zero-order chi connectivity index (χ0) is 18.6. The highest BCUT2D eigenvalue weighted by molar-refractivity contribution is 7.92. The fourth-order valence-electron chi connectivity index (χ4n) is 2.18. The van der Waals surface area contributed by atoms with Gasteiger partial charge in [-0.2, -0.15) is 0 Å². The van der Waals surface area contributed by atoms with Crippen molar-refractivity contribution >= 4 is 21.7 Å². The topological polar surface area (TPSA) is 63.7 Å². The summed E-state index contributed by atoms with van der Waals surface area (Å²) in [6, 6.07) is 11.2. The lowest BCUT2D eigenvalue weighted by molar-refractivity contribution is -0.145. The van der Waals surface area contributed by atoms with Gasteiger partial charge in [0.15, 0.2) is 0 Å². The fraction of sp³-hybridized carbons (Fsp3) is 0.278. The number of hydrogen-bond acceptors (Lipinski definition) is 4. The Morgan fingerprint density at radius 3 is 2.16 bits per heavy atom. The SMILES string of the molecule is Cc1ccc(S(=O)(=O)N(CC(=O)OC(C)C)c2ccc(F)cc2)cc1. The van der Waals surface area contributed by atoms with Crippen molar-refractivity contribution in [1.29, 1.82) is 0 Å². The second-order valence-corrected chi connectivity index (χ2v) is 7.70. The van der Waals surface area contributed by atoms with E-state index < -0.39 is 28.4 Å². The van der Waals surface area contributed by atoms with Gasteiger partial charge < -0.3 is 4.74 Å². The molecule has 0 amide bonds. The number of ether oxygens (including phenoxy) is 1. The molecule has 25 heavy (non-hydrogen) atoms. The van der Waals surface area contributed by atoms with Gasteiger partial charge in [-0.3, -0.25) is 9.10 Å². The molecule has 2 aromatic rings. The summed E-state index contributed by atoms with van der Waals surface area (Å²) in [7, 11) is -4.00. The third-order valence-corrected chi connectivity index (χ3v) is 5.15. The van der Waals surface area contributed by atoms with Crippen LogP contribution >= 0.6 is 0 Å². The largest absolute Gasteiger partial charge is 0.462 e. The Balaban J connectivity index is 2.44. The molecule has 0 aliphatic rings. The van der Waals surface area contributed by atoms with E-state index in [1.807, 2.05) is 6.92 Å². The monoisotopic (exact) mass is 365 g/mol. The number of esters is 1. The van der Waals surface area contributed by atoms with Crippen molar-refractivity contribution in [2.75, 3.05) is 10.8 Å². The number of carbonyl (C=O) groups excluding carboxylic acids is 1. The van der Waals surface area contributed by atoms with Crippen molar-refractivity contribution in [2.45, 2.75) is 31.8 Å². The second-order valence-electron chi connectivity index (χ2n) is 5.84. The maximum Gasteiger partial charge on any atom is 0.327 e. The normalized spacial score (nSPS) is 11.4. The first-order chi connectivity index (χ1) is 11.7. The molecule has 0 aliphatic carbocycles. The van der Waals surface area contributed by atoms with Gasteiger partial charge in [0.05, 0.1) is 16.7 Å². The molecule has 0 bridgehead atoms. The van der Waals surface area contributed by atoms with Crippen LogP contribution in [0.1, 0.15) is 19.4 Å². The molecule has 0 unspecified atom stereocenters. The second kappa shape index (κ2) is 7.65. The third kappa shape index (κ3) is 4.79. The minimum atomic E-state index is -4.00. The van der Waals surface area contributed by atoms with Crippen LogP contribution in [0.25, 0.3) is 0 Å². The first-order valence-corrected chi connectivity index (χ1v) is 9.18. The number of benzene rings is 2. The van der Waals surface area contributed by atoms with Crippen LogP contribution in [0.15, 0.2) is 53.4 Å². The summed E-state index contributed by atoms with van der Waals surface area (Å²) in [6.45, 7) is 4.69. The molecule has 0 saturated heterocycles. The summed E-state index contributed by atoms with van der Waals surface area (Å²) in [5.41, 5.74) is 1.09. The van der Waals surface area contributed by atoms with Gasteiger partial charge in [0.2, 0.25) is 0 Å². The van der Waals surface area contributed by atoms with Crippen LogP contribution < -0.4 is 4.31 Å². The molecule has 2 rings (SSSR count). The lowest BCUT2D eigenvalue weighted by atomic mass is 10.2. The zero-order valence-electron chi connectivity index (χ0n) is 14.3. The summed E-state index contributed by atoms with van der Waals surface area (Å²) < 4.78 is 45.1. The van der Waals surface area contributed by atoms with Gasteiger partial charge in [-0.25, -0.2) is 12.8 Å². The highest BCUT2D eigenvalue weighted by Gasteiger charge is 2.28. The Morgan fingerprint density at radius 2 is 1.64 bits per heavy atom. The summed E-state index contributed by atoms with van der Waals surface area (Å²) in [5, 5.41) is 0. The molecule has 0 aliphatic heterocycles. The average Bonchev–Trinajstić information content (AvgIpc) is 2.53. The minimum absolute atomic E-state index is 0.0415. The van der Waals surface area contributed by atoms with Gasteiger partial charge in [0, 0.05) is 0 Å². The molecule has 0 spiro atoms. The molecule has 0 saturated carbocycles. The van der Waals surface area contributed by atoms with Crippen LogP contribution in [0.5, 0.6) is 0 Å². The Kier molecular flexibility index (Phi) is 5.79. The van der Waals surface area contributed by atoms with Crippen molar-refractivity contribution in [3.05, 3.63) is 59.9 Å². The Morgan fingerprint density at radius 1 is 1.08 bits per heavy atom. The first kappa shape index (κ1) is 18.9. The van der Waals surface area contributed by atoms with E-state index in [1.165, 1.54) is 24.3 Å². The van der Waals surface area contributed by atoms with Crippen LogP contribution in [0.4, 0.5) is 10.1 Å². The van der Waals surface area contributed by atoms with Gasteiger partial charge in [0.1, 0.15) is 12.4 Å². The summed E-state index contributed by atoms with van der Waals surface area (Å²) in [6.07, 6.45) is -0.371. The molecule has 134 valence electrons. The number of halogens is 1. The van der Waals surface area contributed by atoms with Gasteiger partial charge in [-0.15, -0.1) is 0 Å². The van der Waals surface area contributed by atoms with Crippen molar-refractivity contribution in [2.24, 2.45) is 0 Å². The van der Waals surface area contributed by atoms with Crippen LogP contribution in [-0.2, 0) is 19.6 Å². The highest BCUT2D eigenvalue weighted by Crippen LogP contribution is 2.24. The summed E-state index contributed by atoms with van der Waals surface area (Å²) >= 11 is 0. The molecular weight excluding hydrogens is 345 g/mol. The molecule has 7 heteroatoms. The minimum Gasteiger partial charge on any atom is -0.462 e. The molecule has 0 N–H and O–H groups in total. The van der Waals surface area contributed by atoms with Crippen LogP contribution in [0.3, 0.4) is 0 Å². The van der Waals surface area contributed by atoms with Gasteiger partial charge >= 0.3 is 5.97 Å². The van der Waals surface area contributed by atoms with E-state index in [0.29, 0.717) is 0 Å². The lowest BCUT2D eigenvalue weighted by Crippen LogP contribution is -2.37. The lowest BCUT2D eigenvalue weighted by Gasteiger charge is -2.24. The van der Waals surface area contributed by atoms with E-state index in [0.717, 1.165) is 22.0 Å². The first-order valence-electron chi connectivity index (χ1n) is 7.74. The standard InChI is InChI=1S/C18H20FNO4S/c1-13(2)24-18(21)12-20(16-8-6-15(19)7-9-16)25(22,23)17-10-4-14(3)5-11-17/h4-11,13H,12H2,1-3H3. The maximum atomic E-state index is 13.2. The van der Waals surface area contributed by atoms with E-state index in [-0.39, 0.29) is 16.7 Å². The number of hydrogen-bond donors (Lipinski definition) is 0. The number of rotatable bonds is 6. The van der Waals surface area contributed by atoms with Crippen LogP contribution in [0.2, 0.25) is 0 Å². The number of aryl methyl sites for hydroxylation is 1. The van der Waals surface area contributed by atoms with Crippen molar-refractivity contribution in [3.8, 4) is 0 Å². The number of carbonyl (C=O) groups is 1. The Labute approximate surface area is 147 Å². The number of anilines is 1. The fourth-order valence-corrected chi connectivity index (χ4v) is 3.59. The molecule has 5 nitrogen and oxygen atoms in total. The summed E-state index contributed by atoms with van der Waals surface area (Å²) in [4.78, 5) is 12.1. The van der Waals surface area contributed by atoms with Gasteiger partial charge in [0.25, 0.3) is 10.0 Å². The van der Waals surface area contributed by atoms with Crippen molar-refractivity contribution < 1.29 is 22.3 Å². The van der Waals surface area contributed by atoms with E-state index in [4.69, 9.17) is 4.74 Å². The molecule has 0 aromatic heterocycles. The van der Waals surface area contributed by atoms with Crippen LogP contribution in [0, 0.1) is 12.7 Å². The maximum absolute atomic E-state index is 13.2. The molecule has 0 heterocycles. The van der Waals surface area contributed by atoms with Gasteiger partial charge in [-0.05, 0) is 57.2 Å². The molecule has 0 fully saturated rings. The van der Waals surface area contributed by atoms with Crippen LogP contribution in [-0.4, -0.2) is 27.0 Å². The molecular formula is C18H20FNO4S. The number of sulfonamides is 1. The van der Waals surface area contributed by atoms with E-state index in [1.54, 1.807) is 26.0 Å².